The maximum absolute atomic E-state index is 12.6. The largest absolute Gasteiger partial charge is 0.465 e. The Labute approximate surface area is 379 Å². The van der Waals surface area contributed by atoms with Crippen molar-refractivity contribution in [3.05, 3.63) is 144 Å². The lowest BCUT2D eigenvalue weighted by Gasteiger charge is -2.15. The molecule has 0 saturated heterocycles. The highest BCUT2D eigenvalue weighted by atomic mass is 79.9. The Bertz CT molecular complexity index is 3330. The van der Waals surface area contributed by atoms with Crippen LogP contribution in [0.4, 0.5) is 11.6 Å². The van der Waals surface area contributed by atoms with Crippen LogP contribution in [-0.4, -0.2) is 86.9 Å². The number of anilines is 2. The predicted octanol–water partition coefficient (Wildman–Crippen LogP) is 7.10. The fourth-order valence-corrected chi connectivity index (χ4v) is 8.37. The summed E-state index contributed by atoms with van der Waals surface area (Å²) in [6.45, 7) is 2.99. The Morgan fingerprint density at radius 3 is 1.83 bits per heavy atom. The number of halogens is 1. The van der Waals surface area contributed by atoms with Crippen molar-refractivity contribution in [1.82, 2.24) is 54.8 Å². The van der Waals surface area contributed by atoms with Gasteiger partial charge in [0.05, 0.1) is 48.2 Å². The zero-order valence-corrected chi connectivity index (χ0v) is 36.7. The highest BCUT2D eigenvalue weighted by Crippen LogP contribution is 2.32. The summed E-state index contributed by atoms with van der Waals surface area (Å²) in [6, 6.07) is 31.1. The molecule has 0 saturated carbocycles. The van der Waals surface area contributed by atoms with Crippen LogP contribution in [0.15, 0.2) is 122 Å². The maximum Gasteiger partial charge on any atom is 0.338 e. The second-order valence-corrected chi connectivity index (χ2v) is 15.7. The maximum atomic E-state index is 12.6. The number of pyridine rings is 2. The van der Waals surface area contributed by atoms with Gasteiger partial charge in [0, 0.05) is 88.0 Å². The summed E-state index contributed by atoms with van der Waals surface area (Å²) >= 11 is 3.30. The first-order valence-corrected chi connectivity index (χ1v) is 21.8. The van der Waals surface area contributed by atoms with E-state index in [9.17, 15) is 9.59 Å². The average Bonchev–Trinajstić information content (AvgIpc) is 4.20. The van der Waals surface area contributed by atoms with E-state index in [0.717, 1.165) is 77.3 Å². The lowest BCUT2D eigenvalue weighted by atomic mass is 10.1. The number of rotatable bonds is 9. The lowest BCUT2D eigenvalue weighted by molar-refractivity contribution is 0.0599. The van der Waals surface area contributed by atoms with Crippen LogP contribution in [0.25, 0.3) is 66.1 Å². The zero-order valence-electron chi connectivity index (χ0n) is 35.1. The normalized spacial score (nSPS) is 12.0. The lowest BCUT2D eigenvalue weighted by Crippen LogP contribution is -2.27. The van der Waals surface area contributed by atoms with Gasteiger partial charge in [0.2, 0.25) is 0 Å². The Kier molecular flexibility index (Phi) is 12.0. The number of nitrogen functional groups attached to an aromatic ring is 2. The summed E-state index contributed by atoms with van der Waals surface area (Å²) in [6.07, 6.45) is 7.40. The number of nitrogens with two attached hydrogens (primary N) is 3. The van der Waals surface area contributed by atoms with Gasteiger partial charge in [-0.1, -0.05) is 76.6 Å². The third kappa shape index (κ3) is 8.59. The molecule has 1 aliphatic heterocycles. The molecular formula is C47H43BrN14O3. The molecule has 8 N–H and O–H groups in total. The molecule has 0 aliphatic carbocycles. The Morgan fingerprint density at radius 2 is 1.29 bits per heavy atom. The van der Waals surface area contributed by atoms with Crippen molar-refractivity contribution in [2.45, 2.75) is 25.0 Å². The average molecular weight is 932 g/mol. The van der Waals surface area contributed by atoms with Gasteiger partial charge in [-0.15, -0.1) is 0 Å². The Balaban J connectivity index is 0.000000136. The number of ether oxygens (including phenoxy) is 1. The molecule has 4 aromatic carbocycles. The fourth-order valence-electron chi connectivity index (χ4n) is 7.88. The summed E-state index contributed by atoms with van der Waals surface area (Å²) in [5.41, 5.74) is 28.2. The van der Waals surface area contributed by atoms with E-state index >= 15 is 0 Å². The number of aromatic nitrogens is 10. The fraction of sp³-hybridized carbons (Fsp3) is 0.149. The molecule has 10 aromatic rings. The highest BCUT2D eigenvalue weighted by molar-refractivity contribution is 9.08. The van der Waals surface area contributed by atoms with Gasteiger partial charge in [0.25, 0.3) is 5.91 Å². The predicted molar refractivity (Wildman–Crippen MR) is 255 cm³/mol. The van der Waals surface area contributed by atoms with Crippen LogP contribution in [0, 0.1) is 0 Å². The molecule has 0 unspecified atom stereocenters. The quantitative estimate of drug-likeness (QED) is 0.0719. The number of alkyl halides is 1. The highest BCUT2D eigenvalue weighted by Gasteiger charge is 2.26. The monoisotopic (exact) mass is 930 g/mol. The van der Waals surface area contributed by atoms with Gasteiger partial charge in [-0.2, -0.15) is 20.4 Å². The van der Waals surface area contributed by atoms with Crippen molar-refractivity contribution < 1.29 is 14.3 Å². The molecule has 11 rings (SSSR count). The minimum absolute atomic E-state index is 0.0743. The molecule has 65 heavy (non-hydrogen) atoms. The van der Waals surface area contributed by atoms with E-state index in [1.54, 1.807) is 18.5 Å². The number of fused-ring (bicyclic) bond motifs is 7. The number of nitrogens with zero attached hydrogens (tertiary/aromatic N) is 9. The molecule has 0 fully saturated rings. The SMILES string of the molecule is COC(=O)c1ccccc1CBr.NCCn1cc2c(n1)c(N)nc1cc(-c3ccn[nH]3)ccc12.Nc1nc2cc(-c3ccn[nH]3)ccc2c2cn(CCN3Cc4ccccc4C3=O)nc12. The number of benzene rings is 4. The minimum Gasteiger partial charge on any atom is -0.465 e. The first kappa shape index (κ1) is 42.3. The molecule has 6 aromatic heterocycles. The summed E-state index contributed by atoms with van der Waals surface area (Å²) in [4.78, 5) is 34.7. The molecular weight excluding hydrogens is 889 g/mol. The third-order valence-corrected chi connectivity index (χ3v) is 11.7. The number of esters is 1. The molecule has 17 nitrogen and oxygen atoms in total. The van der Waals surface area contributed by atoms with Crippen molar-refractivity contribution in [1.29, 1.82) is 0 Å². The Morgan fingerprint density at radius 1 is 0.723 bits per heavy atom. The standard InChI is InChI=1S/C23H19N7O.C15H15N7.C9H9BrO2/c24-22-21-18(17-6-5-14(11-20(17)26-22)19-7-8-25-27-19)13-30(28-21)10-9-29-12-15-3-1-2-4-16(15)23(29)31;16-4-6-22-8-11-10-2-1-9(12-3-5-18-20-12)7-13(10)19-15(17)14(11)21-22;1-12-9(11)8-5-3-2-4-7(8)6-10/h1-8,11,13H,9-10,12H2,(H2,24,26)(H,25,27);1-3,5,7-8H,4,6,16H2,(H2,17,19)(H,18,20);2-5H,6H2,1H3. The first-order valence-electron chi connectivity index (χ1n) is 20.6. The number of aromatic amines is 2. The van der Waals surface area contributed by atoms with Crippen molar-refractivity contribution in [2.24, 2.45) is 5.73 Å². The smallest absolute Gasteiger partial charge is 0.338 e. The van der Waals surface area contributed by atoms with Crippen LogP contribution in [-0.2, 0) is 29.7 Å². The van der Waals surface area contributed by atoms with Crippen LogP contribution >= 0.6 is 15.9 Å². The third-order valence-electron chi connectivity index (χ3n) is 11.1. The number of H-pyrrole nitrogens is 2. The number of methoxy groups -OCH3 is 1. The van der Waals surface area contributed by atoms with Crippen LogP contribution in [0.2, 0.25) is 0 Å². The summed E-state index contributed by atoms with van der Waals surface area (Å²) in [5, 5.41) is 27.6. The van der Waals surface area contributed by atoms with Crippen LogP contribution in [0.1, 0.15) is 31.8 Å². The van der Waals surface area contributed by atoms with Crippen LogP contribution < -0.4 is 17.2 Å². The Hall–Kier alpha value is -7.96. The number of hydrogen-bond acceptors (Lipinski definition) is 12. The second kappa shape index (κ2) is 18.4. The van der Waals surface area contributed by atoms with Crippen LogP contribution in [0.5, 0.6) is 0 Å². The molecule has 0 atom stereocenters. The van der Waals surface area contributed by atoms with E-state index in [2.05, 4.69) is 61.2 Å². The summed E-state index contributed by atoms with van der Waals surface area (Å²) < 4.78 is 8.28. The van der Waals surface area contributed by atoms with Gasteiger partial charge < -0.3 is 26.8 Å². The number of amides is 1. The van der Waals surface area contributed by atoms with Crippen LogP contribution in [0.3, 0.4) is 0 Å². The second-order valence-electron chi connectivity index (χ2n) is 15.2. The zero-order chi connectivity index (χ0) is 45.0. The summed E-state index contributed by atoms with van der Waals surface area (Å²) in [7, 11) is 1.38. The number of hydrogen-bond donors (Lipinski definition) is 5. The molecule has 1 amide bonds. The van der Waals surface area contributed by atoms with Crippen molar-refractivity contribution in [2.75, 3.05) is 31.7 Å². The van der Waals surface area contributed by atoms with E-state index in [-0.39, 0.29) is 11.9 Å². The van der Waals surface area contributed by atoms with Gasteiger partial charge in [0.1, 0.15) is 11.0 Å². The number of carbonyl (C=O) groups excluding carboxylic acids is 2. The molecule has 0 radical (unpaired) electrons. The van der Waals surface area contributed by atoms with Crippen molar-refractivity contribution >= 4 is 83.1 Å². The topological polar surface area (TPSA) is 243 Å². The van der Waals surface area contributed by atoms with Gasteiger partial charge in [-0.05, 0) is 47.5 Å². The molecule has 0 spiro atoms. The first-order chi connectivity index (χ1) is 31.7. The van der Waals surface area contributed by atoms with Gasteiger partial charge >= 0.3 is 5.97 Å². The van der Waals surface area contributed by atoms with E-state index in [1.807, 2.05) is 118 Å². The molecule has 326 valence electrons. The van der Waals surface area contributed by atoms with E-state index in [1.165, 1.54) is 7.11 Å². The van der Waals surface area contributed by atoms with E-state index < -0.39 is 0 Å². The molecule has 1 aliphatic rings. The molecule has 0 bridgehead atoms. The van der Waals surface area contributed by atoms with Crippen molar-refractivity contribution in [3.63, 3.8) is 0 Å². The van der Waals surface area contributed by atoms with Gasteiger partial charge in [0.15, 0.2) is 11.6 Å². The number of carbonyl (C=O) groups is 2. The minimum atomic E-state index is -0.287. The molecule has 7 heterocycles. The van der Waals surface area contributed by atoms with Crippen molar-refractivity contribution in [3.8, 4) is 22.5 Å². The van der Waals surface area contributed by atoms with Gasteiger partial charge in [-0.3, -0.25) is 24.4 Å². The van der Waals surface area contributed by atoms with E-state index in [4.69, 9.17) is 17.2 Å². The molecule has 18 heteroatoms. The van der Waals surface area contributed by atoms with E-state index in [0.29, 0.717) is 60.8 Å². The number of nitrogens with one attached hydrogen (secondary N) is 2. The van der Waals surface area contributed by atoms with Gasteiger partial charge in [-0.25, -0.2) is 14.8 Å². The summed E-state index contributed by atoms with van der Waals surface area (Å²) in [5.74, 6) is 0.614.